The molecule has 2 atom stereocenters. The first-order chi connectivity index (χ1) is 31.5. The van der Waals surface area contributed by atoms with Crippen molar-refractivity contribution in [2.24, 2.45) is 0 Å². The summed E-state index contributed by atoms with van der Waals surface area (Å²) in [5.41, 5.74) is 0. The van der Waals surface area contributed by atoms with Crippen LogP contribution in [-0.2, 0) is 14.3 Å². The Hall–Kier alpha value is -1.92. The van der Waals surface area contributed by atoms with Gasteiger partial charge in [0.1, 0.15) is 0 Å². The fourth-order valence-corrected chi connectivity index (χ4v) is 8.50. The smallest absolute Gasteiger partial charge is 0.305 e. The summed E-state index contributed by atoms with van der Waals surface area (Å²) in [6.45, 7) is 4.81. The number of hydrogen-bond acceptors (Lipinski definition) is 5. The first kappa shape index (κ1) is 62.1. The molecule has 2 unspecified atom stereocenters. The molecule has 0 aliphatic carbocycles. The summed E-state index contributed by atoms with van der Waals surface area (Å²) >= 11 is 0. The molecule has 64 heavy (non-hydrogen) atoms. The minimum Gasteiger partial charge on any atom is -0.466 e. The lowest BCUT2D eigenvalue weighted by molar-refractivity contribution is -0.143. The number of amides is 1. The molecule has 3 N–H and O–H groups in total. The standard InChI is InChI=1S/C58H109NO5/c1-3-5-7-9-11-13-15-17-18-19-20-21-22-23-24-25-26-28-30-34-38-42-46-50-56(61)55(54-60)59-57(62)51-47-43-39-35-31-29-33-37-41-45-49-53-64-58(63)52-48-44-40-36-32-27-16-14-12-10-8-6-4-2/h14,16,33,37,46,50,55-56,60-61H,3-13,15,17-32,34-36,38-45,47-49,51-54H2,1-2H3,(H,59,62)/b16-14-,37-33-,50-46+. The number of esters is 1. The molecular weight excluding hydrogens is 791 g/mol. The molecule has 0 spiro atoms. The van der Waals surface area contributed by atoms with E-state index in [4.69, 9.17) is 4.74 Å². The number of ether oxygens (including phenoxy) is 1. The Labute approximate surface area is 398 Å². The molecule has 0 saturated carbocycles. The summed E-state index contributed by atoms with van der Waals surface area (Å²) in [5.74, 6) is -0.138. The van der Waals surface area contributed by atoms with Gasteiger partial charge in [-0.1, -0.05) is 237 Å². The zero-order valence-corrected chi connectivity index (χ0v) is 42.8. The third-order valence-electron chi connectivity index (χ3n) is 12.9. The molecule has 0 saturated heterocycles. The minimum atomic E-state index is -0.864. The molecule has 0 aliphatic heterocycles. The number of nitrogens with one attached hydrogen (secondary N) is 1. The van der Waals surface area contributed by atoms with Gasteiger partial charge in [0.05, 0.1) is 25.4 Å². The average Bonchev–Trinajstić information content (AvgIpc) is 3.29. The van der Waals surface area contributed by atoms with Crippen LogP contribution in [0, 0.1) is 0 Å². The van der Waals surface area contributed by atoms with Crippen molar-refractivity contribution in [3.63, 3.8) is 0 Å². The molecule has 1 amide bonds. The number of aliphatic hydroxyl groups is 2. The van der Waals surface area contributed by atoms with Crippen LogP contribution in [0.3, 0.4) is 0 Å². The highest BCUT2D eigenvalue weighted by atomic mass is 16.5. The minimum absolute atomic E-state index is 0.0421. The van der Waals surface area contributed by atoms with Crippen LogP contribution in [0.15, 0.2) is 36.5 Å². The lowest BCUT2D eigenvalue weighted by Crippen LogP contribution is -2.45. The summed E-state index contributed by atoms with van der Waals surface area (Å²) in [4.78, 5) is 24.5. The van der Waals surface area contributed by atoms with Gasteiger partial charge in [-0.2, -0.15) is 0 Å². The van der Waals surface area contributed by atoms with E-state index in [1.807, 2.05) is 6.08 Å². The van der Waals surface area contributed by atoms with Gasteiger partial charge in [0.25, 0.3) is 0 Å². The number of aliphatic hydroxyl groups excluding tert-OH is 2. The van der Waals surface area contributed by atoms with Gasteiger partial charge in [-0.3, -0.25) is 9.59 Å². The maximum Gasteiger partial charge on any atom is 0.305 e. The van der Waals surface area contributed by atoms with Gasteiger partial charge >= 0.3 is 5.97 Å². The molecule has 0 fully saturated rings. The maximum absolute atomic E-state index is 12.5. The van der Waals surface area contributed by atoms with Crippen LogP contribution >= 0.6 is 0 Å². The van der Waals surface area contributed by atoms with Crippen molar-refractivity contribution in [1.82, 2.24) is 5.32 Å². The molecule has 0 radical (unpaired) electrons. The number of allylic oxidation sites excluding steroid dienone is 5. The van der Waals surface area contributed by atoms with Crippen LogP contribution in [0.25, 0.3) is 0 Å². The maximum atomic E-state index is 12.5. The predicted octanol–water partition coefficient (Wildman–Crippen LogP) is 17.2. The van der Waals surface area contributed by atoms with E-state index in [1.54, 1.807) is 6.08 Å². The Kier molecular flexibility index (Phi) is 52.1. The fourth-order valence-electron chi connectivity index (χ4n) is 8.50. The van der Waals surface area contributed by atoms with Gasteiger partial charge in [0.15, 0.2) is 0 Å². The van der Waals surface area contributed by atoms with Gasteiger partial charge in [-0.15, -0.1) is 0 Å². The molecule has 6 heteroatoms. The zero-order valence-electron chi connectivity index (χ0n) is 42.8. The average molecular weight is 901 g/mol. The van der Waals surface area contributed by atoms with E-state index in [9.17, 15) is 19.8 Å². The molecular formula is C58H109NO5. The number of hydrogen-bond donors (Lipinski definition) is 3. The van der Waals surface area contributed by atoms with Crippen LogP contribution in [0.5, 0.6) is 0 Å². The highest BCUT2D eigenvalue weighted by Crippen LogP contribution is 2.16. The Morgan fingerprint density at radius 2 is 0.734 bits per heavy atom. The molecule has 6 nitrogen and oxygen atoms in total. The lowest BCUT2D eigenvalue weighted by atomic mass is 10.0. The molecule has 0 aromatic carbocycles. The van der Waals surface area contributed by atoms with Crippen molar-refractivity contribution in [2.75, 3.05) is 13.2 Å². The Morgan fingerprint density at radius 3 is 1.12 bits per heavy atom. The third-order valence-corrected chi connectivity index (χ3v) is 12.9. The molecule has 376 valence electrons. The number of unbranched alkanes of at least 4 members (excludes halogenated alkanes) is 37. The zero-order chi connectivity index (χ0) is 46.5. The Bertz CT molecular complexity index is 1040. The highest BCUT2D eigenvalue weighted by molar-refractivity contribution is 5.76. The molecule has 0 heterocycles. The Balaban J connectivity index is 3.55. The van der Waals surface area contributed by atoms with Crippen LogP contribution in [0.1, 0.15) is 296 Å². The Morgan fingerprint density at radius 1 is 0.422 bits per heavy atom. The molecule has 0 bridgehead atoms. The molecule has 0 aromatic heterocycles. The second-order valence-corrected chi connectivity index (χ2v) is 19.3. The van der Waals surface area contributed by atoms with Crippen molar-refractivity contribution in [2.45, 2.75) is 309 Å². The summed E-state index contributed by atoms with van der Waals surface area (Å²) in [5, 5.41) is 23.1. The molecule has 0 aromatic rings. The van der Waals surface area contributed by atoms with Crippen molar-refractivity contribution in [3.8, 4) is 0 Å². The summed E-state index contributed by atoms with van der Waals surface area (Å²) < 4.78 is 5.43. The van der Waals surface area contributed by atoms with E-state index in [0.29, 0.717) is 19.4 Å². The molecule has 0 rings (SSSR count). The van der Waals surface area contributed by atoms with Crippen LogP contribution in [0.4, 0.5) is 0 Å². The summed E-state index contributed by atoms with van der Waals surface area (Å²) in [6, 6.07) is -0.650. The molecule has 0 aliphatic rings. The van der Waals surface area contributed by atoms with Gasteiger partial charge in [-0.05, 0) is 83.5 Å². The van der Waals surface area contributed by atoms with Crippen molar-refractivity contribution in [3.05, 3.63) is 36.5 Å². The van der Waals surface area contributed by atoms with E-state index in [2.05, 4.69) is 43.5 Å². The predicted molar refractivity (Wildman–Crippen MR) is 278 cm³/mol. The second-order valence-electron chi connectivity index (χ2n) is 19.3. The van der Waals surface area contributed by atoms with Crippen molar-refractivity contribution >= 4 is 11.9 Å². The van der Waals surface area contributed by atoms with Gasteiger partial charge in [0, 0.05) is 12.8 Å². The first-order valence-corrected chi connectivity index (χ1v) is 28.3. The number of carbonyl (C=O) groups is 2. The van der Waals surface area contributed by atoms with E-state index in [1.165, 1.54) is 186 Å². The summed E-state index contributed by atoms with van der Waals surface area (Å²) in [6.07, 6.45) is 65.9. The lowest BCUT2D eigenvalue weighted by Gasteiger charge is -2.20. The first-order valence-electron chi connectivity index (χ1n) is 28.3. The van der Waals surface area contributed by atoms with Crippen LogP contribution in [-0.4, -0.2) is 47.4 Å². The topological polar surface area (TPSA) is 95.9 Å². The summed E-state index contributed by atoms with van der Waals surface area (Å²) in [7, 11) is 0. The van der Waals surface area contributed by atoms with Crippen molar-refractivity contribution < 1.29 is 24.5 Å². The quantitative estimate of drug-likeness (QED) is 0.0321. The van der Waals surface area contributed by atoms with Gasteiger partial charge in [0.2, 0.25) is 5.91 Å². The largest absolute Gasteiger partial charge is 0.466 e. The monoisotopic (exact) mass is 900 g/mol. The highest BCUT2D eigenvalue weighted by Gasteiger charge is 2.18. The SMILES string of the molecule is CCCCCC/C=C\CCCCCCCC(=O)OCCCC/C=C\CCCCCCCC(=O)NC(CO)C(O)/C=C/CCCCCCCCCCCCCCCCCCCCCCC. The van der Waals surface area contributed by atoms with Crippen molar-refractivity contribution in [1.29, 1.82) is 0 Å². The normalized spacial score (nSPS) is 12.9. The van der Waals surface area contributed by atoms with Gasteiger partial charge < -0.3 is 20.3 Å². The van der Waals surface area contributed by atoms with Crippen LogP contribution in [0.2, 0.25) is 0 Å². The number of carbonyl (C=O) groups excluding carboxylic acids is 2. The van der Waals surface area contributed by atoms with E-state index in [0.717, 1.165) is 83.5 Å². The second kappa shape index (κ2) is 53.7. The van der Waals surface area contributed by atoms with E-state index < -0.39 is 12.1 Å². The van der Waals surface area contributed by atoms with E-state index in [-0.39, 0.29) is 18.5 Å². The van der Waals surface area contributed by atoms with Crippen LogP contribution < -0.4 is 5.32 Å². The fraction of sp³-hybridized carbons (Fsp3) is 0.862. The third kappa shape index (κ3) is 49.5. The number of rotatable bonds is 52. The van der Waals surface area contributed by atoms with Gasteiger partial charge in [-0.25, -0.2) is 0 Å². The van der Waals surface area contributed by atoms with E-state index >= 15 is 0 Å².